The molecule has 4 aromatic carbocycles. The van der Waals surface area contributed by atoms with Crippen molar-refractivity contribution < 1.29 is 9.18 Å². The number of aromatic nitrogens is 1. The maximum absolute atomic E-state index is 13.4. The molecule has 1 N–H and O–H groups in total. The molecule has 180 valence electrons. The van der Waals surface area contributed by atoms with Gasteiger partial charge in [-0.3, -0.25) is 4.79 Å². The Morgan fingerprint density at radius 3 is 2.39 bits per heavy atom. The Balaban J connectivity index is 1.49. The normalized spacial score (nSPS) is 11.9. The number of rotatable bonds is 8. The predicted molar refractivity (Wildman–Crippen MR) is 144 cm³/mol. The van der Waals surface area contributed by atoms with Crippen LogP contribution in [0, 0.1) is 5.82 Å². The standard InChI is InChI=1S/C31H26ClFN2O/c32-25-10-6-9-24(17-25)28(18-31(36)34-19-22-7-2-1-3-8-22)29-21-35(30-12-5-4-11-27(29)30)20-23-13-15-26(33)16-14-23/h1-17,21,28H,18-20H2,(H,34,36)/t28-/m1/s1. The minimum absolute atomic E-state index is 0.0285. The Morgan fingerprint density at radius 2 is 1.61 bits per heavy atom. The van der Waals surface area contributed by atoms with Gasteiger partial charge >= 0.3 is 0 Å². The fraction of sp³-hybridized carbons (Fsp3) is 0.129. The molecule has 3 nitrogen and oxygen atoms in total. The summed E-state index contributed by atoms with van der Waals surface area (Å²) in [6.07, 6.45) is 2.40. The van der Waals surface area contributed by atoms with Gasteiger partial charge in [0.15, 0.2) is 0 Å². The zero-order chi connectivity index (χ0) is 24.9. The van der Waals surface area contributed by atoms with Crippen molar-refractivity contribution in [3.63, 3.8) is 0 Å². The van der Waals surface area contributed by atoms with Gasteiger partial charge in [-0.15, -0.1) is 0 Å². The van der Waals surface area contributed by atoms with E-state index in [9.17, 15) is 9.18 Å². The van der Waals surface area contributed by atoms with Crippen molar-refractivity contribution in [1.82, 2.24) is 9.88 Å². The number of hydrogen-bond donors (Lipinski definition) is 1. The second-order valence-electron chi connectivity index (χ2n) is 8.93. The van der Waals surface area contributed by atoms with Crippen LogP contribution in [0.4, 0.5) is 4.39 Å². The Labute approximate surface area is 215 Å². The molecule has 1 heterocycles. The van der Waals surface area contributed by atoms with Crippen molar-refractivity contribution in [2.45, 2.75) is 25.4 Å². The molecule has 36 heavy (non-hydrogen) atoms. The van der Waals surface area contributed by atoms with E-state index in [0.717, 1.165) is 33.2 Å². The summed E-state index contributed by atoms with van der Waals surface area (Å²) >= 11 is 6.36. The van der Waals surface area contributed by atoms with Crippen molar-refractivity contribution in [3.8, 4) is 0 Å². The average molecular weight is 497 g/mol. The molecule has 0 aliphatic heterocycles. The second-order valence-corrected chi connectivity index (χ2v) is 9.37. The third kappa shape index (κ3) is 5.50. The fourth-order valence-corrected chi connectivity index (χ4v) is 4.85. The topological polar surface area (TPSA) is 34.0 Å². The third-order valence-electron chi connectivity index (χ3n) is 6.43. The van der Waals surface area contributed by atoms with E-state index >= 15 is 0 Å². The lowest BCUT2D eigenvalue weighted by Crippen LogP contribution is -2.25. The summed E-state index contributed by atoms with van der Waals surface area (Å²) in [5, 5.41) is 4.79. The number of fused-ring (bicyclic) bond motifs is 1. The van der Waals surface area contributed by atoms with Gasteiger partial charge in [0.2, 0.25) is 5.91 Å². The van der Waals surface area contributed by atoms with E-state index in [1.165, 1.54) is 12.1 Å². The Kier molecular flexibility index (Phi) is 7.15. The number of nitrogens with zero attached hydrogens (tertiary/aromatic N) is 1. The van der Waals surface area contributed by atoms with Crippen LogP contribution in [0.25, 0.3) is 10.9 Å². The summed E-state index contributed by atoms with van der Waals surface area (Å²) in [7, 11) is 0. The lowest BCUT2D eigenvalue weighted by Gasteiger charge is -2.18. The molecular weight excluding hydrogens is 471 g/mol. The maximum Gasteiger partial charge on any atom is 0.221 e. The van der Waals surface area contributed by atoms with Crippen LogP contribution in [-0.2, 0) is 17.9 Å². The van der Waals surface area contributed by atoms with E-state index in [2.05, 4.69) is 28.2 Å². The highest BCUT2D eigenvalue weighted by Gasteiger charge is 2.23. The van der Waals surface area contributed by atoms with E-state index in [1.807, 2.05) is 66.7 Å². The van der Waals surface area contributed by atoms with E-state index < -0.39 is 0 Å². The van der Waals surface area contributed by atoms with Crippen molar-refractivity contribution in [2.75, 3.05) is 0 Å². The lowest BCUT2D eigenvalue weighted by atomic mass is 9.88. The van der Waals surface area contributed by atoms with Crippen LogP contribution in [0.3, 0.4) is 0 Å². The van der Waals surface area contributed by atoms with Gasteiger partial charge in [0.1, 0.15) is 5.82 Å². The van der Waals surface area contributed by atoms with Gasteiger partial charge in [0, 0.05) is 47.6 Å². The third-order valence-corrected chi connectivity index (χ3v) is 6.67. The van der Waals surface area contributed by atoms with Gasteiger partial charge in [-0.25, -0.2) is 4.39 Å². The lowest BCUT2D eigenvalue weighted by molar-refractivity contribution is -0.121. The van der Waals surface area contributed by atoms with E-state index in [0.29, 0.717) is 18.1 Å². The quantitative estimate of drug-likeness (QED) is 0.240. The zero-order valence-electron chi connectivity index (χ0n) is 19.7. The predicted octanol–water partition coefficient (Wildman–Crippen LogP) is 7.32. The van der Waals surface area contributed by atoms with Gasteiger partial charge in [-0.1, -0.05) is 84.4 Å². The van der Waals surface area contributed by atoms with Crippen LogP contribution in [0.15, 0.2) is 109 Å². The van der Waals surface area contributed by atoms with Crippen molar-refractivity contribution in [2.24, 2.45) is 0 Å². The minimum atomic E-state index is -0.251. The first-order valence-electron chi connectivity index (χ1n) is 11.9. The molecule has 0 radical (unpaired) electrons. The van der Waals surface area contributed by atoms with Crippen LogP contribution in [0.5, 0.6) is 0 Å². The highest BCUT2D eigenvalue weighted by Crippen LogP contribution is 2.36. The van der Waals surface area contributed by atoms with Crippen molar-refractivity contribution >= 4 is 28.4 Å². The highest BCUT2D eigenvalue weighted by molar-refractivity contribution is 6.30. The first-order valence-corrected chi connectivity index (χ1v) is 12.3. The Hall–Kier alpha value is -3.89. The van der Waals surface area contributed by atoms with E-state index in [4.69, 9.17) is 11.6 Å². The van der Waals surface area contributed by atoms with Gasteiger partial charge < -0.3 is 9.88 Å². The molecule has 5 aromatic rings. The first kappa shape index (κ1) is 23.8. The number of amides is 1. The number of para-hydroxylation sites is 1. The SMILES string of the molecule is O=C(C[C@H](c1cccc(Cl)c1)c1cn(Cc2ccc(F)cc2)c2ccccc12)NCc1ccccc1. The summed E-state index contributed by atoms with van der Waals surface area (Å²) in [6.45, 7) is 1.08. The molecule has 5 rings (SSSR count). The fourth-order valence-electron chi connectivity index (χ4n) is 4.65. The molecule has 5 heteroatoms. The molecule has 0 saturated heterocycles. The maximum atomic E-state index is 13.4. The minimum Gasteiger partial charge on any atom is -0.352 e. The Morgan fingerprint density at radius 1 is 0.861 bits per heavy atom. The van der Waals surface area contributed by atoms with Crippen LogP contribution in [0.1, 0.15) is 34.6 Å². The summed E-state index contributed by atoms with van der Waals surface area (Å²) in [5.74, 6) is -0.461. The molecular formula is C31H26ClFN2O. The van der Waals surface area contributed by atoms with Gasteiger partial charge in [-0.2, -0.15) is 0 Å². The monoisotopic (exact) mass is 496 g/mol. The number of halogens is 2. The molecule has 1 amide bonds. The molecule has 0 bridgehead atoms. The summed E-state index contributed by atoms with van der Waals surface area (Å²) in [4.78, 5) is 13.1. The summed E-state index contributed by atoms with van der Waals surface area (Å²) < 4.78 is 15.6. The summed E-state index contributed by atoms with van der Waals surface area (Å²) in [6, 6.07) is 32.4. The molecule has 0 fully saturated rings. The second kappa shape index (κ2) is 10.8. The van der Waals surface area contributed by atoms with Crippen LogP contribution >= 0.6 is 11.6 Å². The molecule has 0 saturated carbocycles. The van der Waals surface area contributed by atoms with Gasteiger partial charge in [0.05, 0.1) is 0 Å². The average Bonchev–Trinajstić information content (AvgIpc) is 3.26. The number of hydrogen-bond acceptors (Lipinski definition) is 1. The molecule has 0 unspecified atom stereocenters. The van der Waals surface area contributed by atoms with Crippen molar-refractivity contribution in [1.29, 1.82) is 0 Å². The number of carbonyl (C=O) groups excluding carboxylic acids is 1. The van der Waals surface area contributed by atoms with E-state index in [-0.39, 0.29) is 24.1 Å². The van der Waals surface area contributed by atoms with Gasteiger partial charge in [0.25, 0.3) is 0 Å². The first-order chi connectivity index (χ1) is 17.6. The molecule has 0 aliphatic carbocycles. The summed E-state index contributed by atoms with van der Waals surface area (Å²) in [5.41, 5.74) is 5.17. The zero-order valence-corrected chi connectivity index (χ0v) is 20.5. The molecule has 1 aromatic heterocycles. The van der Waals surface area contributed by atoms with Crippen LogP contribution in [-0.4, -0.2) is 10.5 Å². The van der Waals surface area contributed by atoms with Crippen LogP contribution in [0.2, 0.25) is 5.02 Å². The highest BCUT2D eigenvalue weighted by atomic mass is 35.5. The number of benzene rings is 4. The molecule has 1 atom stereocenters. The number of carbonyl (C=O) groups is 1. The van der Waals surface area contributed by atoms with Gasteiger partial charge in [-0.05, 0) is 52.6 Å². The molecule has 0 aliphatic rings. The Bertz CT molecular complexity index is 1480. The molecule has 0 spiro atoms. The van der Waals surface area contributed by atoms with Crippen LogP contribution < -0.4 is 5.32 Å². The number of nitrogens with one attached hydrogen (secondary N) is 1. The van der Waals surface area contributed by atoms with Crippen molar-refractivity contribution in [3.05, 3.63) is 142 Å². The largest absolute Gasteiger partial charge is 0.352 e. The van der Waals surface area contributed by atoms with E-state index in [1.54, 1.807) is 12.1 Å². The smallest absolute Gasteiger partial charge is 0.221 e.